The summed E-state index contributed by atoms with van der Waals surface area (Å²) < 4.78 is 5.07. The van der Waals surface area contributed by atoms with E-state index in [1.807, 2.05) is 4.90 Å². The van der Waals surface area contributed by atoms with Gasteiger partial charge in [0.15, 0.2) is 0 Å². The van der Waals surface area contributed by atoms with Gasteiger partial charge in [-0.05, 0) is 37.6 Å². The molecule has 0 bridgehead atoms. The van der Waals surface area contributed by atoms with Crippen LogP contribution in [0.4, 0.5) is 0 Å². The van der Waals surface area contributed by atoms with Gasteiger partial charge in [0.2, 0.25) is 5.91 Å². The maximum Gasteiger partial charge on any atom is 0.222 e. The highest BCUT2D eigenvalue weighted by molar-refractivity contribution is 5.76. The van der Waals surface area contributed by atoms with Crippen molar-refractivity contribution in [1.29, 1.82) is 0 Å². The van der Waals surface area contributed by atoms with Crippen LogP contribution in [0.5, 0.6) is 0 Å². The third-order valence-corrected chi connectivity index (χ3v) is 3.68. The van der Waals surface area contributed by atoms with Crippen LogP contribution >= 0.6 is 0 Å². The molecule has 2 N–H and O–H groups in total. The minimum Gasteiger partial charge on any atom is -0.383 e. The number of carbonyl (C=O) groups excluding carboxylic acids is 1. The zero-order valence-corrected chi connectivity index (χ0v) is 12.1. The Labute approximate surface area is 111 Å². The number of nitrogens with two attached hydrogens (primary N) is 1. The van der Waals surface area contributed by atoms with Gasteiger partial charge in [-0.2, -0.15) is 0 Å². The number of ether oxygens (including phenoxy) is 1. The van der Waals surface area contributed by atoms with Crippen LogP contribution in [0.25, 0.3) is 0 Å². The molecule has 0 atom stereocenters. The summed E-state index contributed by atoms with van der Waals surface area (Å²) >= 11 is 0. The number of hydrogen-bond acceptors (Lipinski definition) is 3. The van der Waals surface area contributed by atoms with E-state index in [1.165, 1.54) is 0 Å². The number of carbonyl (C=O) groups is 1. The van der Waals surface area contributed by atoms with Crippen molar-refractivity contribution >= 4 is 5.91 Å². The molecule has 18 heavy (non-hydrogen) atoms. The summed E-state index contributed by atoms with van der Waals surface area (Å²) in [6.07, 6.45) is 4.83. The second kappa shape index (κ2) is 7.10. The van der Waals surface area contributed by atoms with Gasteiger partial charge in [0.1, 0.15) is 0 Å². The van der Waals surface area contributed by atoms with Crippen LogP contribution in [0, 0.1) is 5.41 Å². The van der Waals surface area contributed by atoms with Crippen molar-refractivity contribution < 1.29 is 9.53 Å². The Kier molecular flexibility index (Phi) is 6.09. The third-order valence-electron chi connectivity index (χ3n) is 3.68. The van der Waals surface area contributed by atoms with E-state index in [9.17, 15) is 4.79 Å². The SMILES string of the molecule is COCCN(C(=O)CCC(C)(C)CCN)C1CC1. The molecular formula is C14H28N2O2. The summed E-state index contributed by atoms with van der Waals surface area (Å²) in [7, 11) is 1.68. The minimum absolute atomic E-state index is 0.168. The van der Waals surface area contributed by atoms with E-state index in [1.54, 1.807) is 7.11 Å². The van der Waals surface area contributed by atoms with Crippen LogP contribution in [0.1, 0.15) is 46.0 Å². The molecular weight excluding hydrogens is 228 g/mol. The lowest BCUT2D eigenvalue weighted by Crippen LogP contribution is -2.36. The molecule has 4 heteroatoms. The Bertz CT molecular complexity index is 263. The average molecular weight is 256 g/mol. The van der Waals surface area contributed by atoms with E-state index in [0.29, 0.717) is 25.6 Å². The molecule has 1 rings (SSSR count). The Morgan fingerprint density at radius 3 is 2.56 bits per heavy atom. The number of amides is 1. The summed E-state index contributed by atoms with van der Waals surface area (Å²) in [6.45, 7) is 6.43. The molecule has 4 nitrogen and oxygen atoms in total. The molecule has 1 amide bonds. The summed E-state index contributed by atoms with van der Waals surface area (Å²) in [5, 5.41) is 0. The van der Waals surface area contributed by atoms with Crippen molar-refractivity contribution in [2.45, 2.75) is 52.0 Å². The van der Waals surface area contributed by atoms with Crippen LogP contribution in [-0.4, -0.2) is 43.7 Å². The topological polar surface area (TPSA) is 55.6 Å². The molecule has 106 valence electrons. The molecule has 0 unspecified atom stereocenters. The first-order valence-electron chi connectivity index (χ1n) is 6.98. The van der Waals surface area contributed by atoms with Crippen molar-refractivity contribution in [2.75, 3.05) is 26.8 Å². The van der Waals surface area contributed by atoms with Gasteiger partial charge >= 0.3 is 0 Å². The second-order valence-corrected chi connectivity index (χ2v) is 6.01. The molecule has 0 aromatic rings. The molecule has 0 spiro atoms. The summed E-state index contributed by atoms with van der Waals surface area (Å²) in [4.78, 5) is 14.2. The quantitative estimate of drug-likeness (QED) is 0.684. The fourth-order valence-corrected chi connectivity index (χ4v) is 2.19. The predicted molar refractivity (Wildman–Crippen MR) is 73.3 cm³/mol. The zero-order valence-electron chi connectivity index (χ0n) is 12.1. The Balaban J connectivity index is 2.36. The predicted octanol–water partition coefficient (Wildman–Crippen LogP) is 1.78. The van der Waals surface area contributed by atoms with E-state index < -0.39 is 0 Å². The van der Waals surface area contributed by atoms with E-state index in [0.717, 1.165) is 32.2 Å². The lowest BCUT2D eigenvalue weighted by atomic mass is 9.84. The highest BCUT2D eigenvalue weighted by Gasteiger charge is 2.32. The van der Waals surface area contributed by atoms with Gasteiger partial charge in [-0.25, -0.2) is 0 Å². The monoisotopic (exact) mass is 256 g/mol. The van der Waals surface area contributed by atoms with Crippen molar-refractivity contribution in [2.24, 2.45) is 11.1 Å². The number of methoxy groups -OCH3 is 1. The van der Waals surface area contributed by atoms with Crippen molar-refractivity contribution in [1.82, 2.24) is 4.90 Å². The molecule has 1 saturated carbocycles. The number of nitrogens with zero attached hydrogens (tertiary/aromatic N) is 1. The molecule has 0 aromatic heterocycles. The van der Waals surface area contributed by atoms with Crippen LogP contribution < -0.4 is 5.73 Å². The van der Waals surface area contributed by atoms with Crippen LogP contribution in [-0.2, 0) is 9.53 Å². The zero-order chi connectivity index (χ0) is 13.6. The standard InChI is InChI=1S/C14H28N2O2/c1-14(2,8-9-15)7-6-13(17)16(10-11-18-3)12-4-5-12/h12H,4-11,15H2,1-3H3. The molecule has 0 aliphatic heterocycles. The Morgan fingerprint density at radius 1 is 1.39 bits per heavy atom. The minimum atomic E-state index is 0.168. The maximum atomic E-state index is 12.2. The first-order valence-corrected chi connectivity index (χ1v) is 6.98. The normalized spacial score (nSPS) is 15.8. The highest BCUT2D eigenvalue weighted by Crippen LogP contribution is 2.30. The largest absolute Gasteiger partial charge is 0.383 e. The number of rotatable bonds is 9. The Hall–Kier alpha value is -0.610. The van der Waals surface area contributed by atoms with E-state index in [4.69, 9.17) is 10.5 Å². The van der Waals surface area contributed by atoms with Crippen LogP contribution in [0.15, 0.2) is 0 Å². The second-order valence-electron chi connectivity index (χ2n) is 6.01. The van der Waals surface area contributed by atoms with E-state index in [2.05, 4.69) is 13.8 Å². The molecule has 0 saturated heterocycles. The van der Waals surface area contributed by atoms with Gasteiger partial charge in [-0.15, -0.1) is 0 Å². The van der Waals surface area contributed by atoms with Crippen LogP contribution in [0.2, 0.25) is 0 Å². The van der Waals surface area contributed by atoms with Gasteiger partial charge < -0.3 is 15.4 Å². The van der Waals surface area contributed by atoms with Gasteiger partial charge in [0, 0.05) is 26.1 Å². The lowest BCUT2D eigenvalue weighted by Gasteiger charge is -2.27. The molecule has 0 heterocycles. The van der Waals surface area contributed by atoms with Crippen LogP contribution in [0.3, 0.4) is 0 Å². The third kappa shape index (κ3) is 5.36. The van der Waals surface area contributed by atoms with Gasteiger partial charge in [-0.1, -0.05) is 13.8 Å². The molecule has 1 aliphatic carbocycles. The molecule has 0 aromatic carbocycles. The lowest BCUT2D eigenvalue weighted by molar-refractivity contribution is -0.133. The smallest absolute Gasteiger partial charge is 0.222 e. The fourth-order valence-electron chi connectivity index (χ4n) is 2.19. The van der Waals surface area contributed by atoms with Gasteiger partial charge in [0.05, 0.1) is 6.61 Å². The number of hydrogen-bond donors (Lipinski definition) is 1. The summed E-state index contributed by atoms with van der Waals surface area (Å²) in [6, 6.07) is 0.477. The van der Waals surface area contributed by atoms with Crippen molar-refractivity contribution in [3.63, 3.8) is 0 Å². The van der Waals surface area contributed by atoms with Crippen molar-refractivity contribution in [3.05, 3.63) is 0 Å². The fraction of sp³-hybridized carbons (Fsp3) is 0.929. The maximum absolute atomic E-state index is 12.2. The molecule has 1 fully saturated rings. The molecule has 0 radical (unpaired) electrons. The van der Waals surface area contributed by atoms with E-state index in [-0.39, 0.29) is 11.3 Å². The van der Waals surface area contributed by atoms with Gasteiger partial charge in [-0.3, -0.25) is 4.79 Å². The van der Waals surface area contributed by atoms with E-state index >= 15 is 0 Å². The summed E-state index contributed by atoms with van der Waals surface area (Å²) in [5.41, 5.74) is 5.76. The first kappa shape index (κ1) is 15.4. The first-order chi connectivity index (χ1) is 8.50. The summed E-state index contributed by atoms with van der Waals surface area (Å²) in [5.74, 6) is 0.277. The average Bonchev–Trinajstić information content (AvgIpc) is 3.11. The van der Waals surface area contributed by atoms with Crippen molar-refractivity contribution in [3.8, 4) is 0 Å². The molecule has 1 aliphatic rings. The van der Waals surface area contributed by atoms with Gasteiger partial charge in [0.25, 0.3) is 0 Å². The highest BCUT2D eigenvalue weighted by atomic mass is 16.5. The Morgan fingerprint density at radius 2 is 2.06 bits per heavy atom.